The van der Waals surface area contributed by atoms with Crippen LogP contribution in [0.25, 0.3) is 291 Å². The average Bonchev–Trinajstić information content (AvgIpc) is 1.35. The molecule has 0 amide bonds. The van der Waals surface area contributed by atoms with Gasteiger partial charge in [-0.3, -0.25) is 9.59 Å². The predicted octanol–water partition coefficient (Wildman–Crippen LogP) is 22.9. The summed E-state index contributed by atoms with van der Waals surface area (Å²) in [6, 6.07) is 0. The van der Waals surface area contributed by atoms with Gasteiger partial charge in [0.1, 0.15) is 17.3 Å². The fraction of sp³-hybridized carbons (Fsp3) is 0.312. The van der Waals surface area contributed by atoms with E-state index in [1.807, 2.05) is 6.92 Å². The Morgan fingerprint density at radius 2 is 0.758 bits per heavy atom. The highest BCUT2D eigenvalue weighted by Gasteiger charge is 3.02. The van der Waals surface area contributed by atoms with E-state index in [0.717, 1.165) is 19.3 Å². The van der Waals surface area contributed by atoms with E-state index in [2.05, 4.69) is 65.8 Å². The van der Waals surface area contributed by atoms with Crippen molar-refractivity contribution in [2.75, 3.05) is 6.61 Å². The maximum absolute atomic E-state index is 18.4. The molecule has 5 fully saturated rings. The van der Waals surface area contributed by atoms with Crippen molar-refractivity contribution in [3.05, 3.63) is 46.6 Å². The second-order valence-electron chi connectivity index (χ2n) is 37.8. The summed E-state index contributed by atoms with van der Waals surface area (Å²) in [6.07, 6.45) is 16.0. The highest BCUT2D eigenvalue weighted by atomic mass is 17.2. The van der Waals surface area contributed by atoms with Crippen molar-refractivity contribution < 1.29 is 28.8 Å². The van der Waals surface area contributed by atoms with Gasteiger partial charge in [-0.15, -0.1) is 0 Å². The predicted molar refractivity (Wildman–Crippen MR) is 401 cm³/mol. The fourth-order valence-corrected chi connectivity index (χ4v) is 34.5. The minimum absolute atomic E-state index is 0.119. The van der Waals surface area contributed by atoms with E-state index in [1.54, 1.807) is 75.4 Å². The zero-order valence-corrected chi connectivity index (χ0v) is 55.0. The third-order valence-corrected chi connectivity index (χ3v) is 36.6. The summed E-state index contributed by atoms with van der Waals surface area (Å²) in [5.74, 6) is 2.09. The lowest BCUT2D eigenvalue weighted by molar-refractivity contribution is -0.497. The minimum atomic E-state index is -1.80. The molecule has 10 atom stereocenters. The Hall–Kier alpha value is -9.20. The normalized spacial score (nSPS) is 33.6. The number of benzene rings is 18. The highest BCUT2D eigenvalue weighted by molar-refractivity contribution is 6.82. The number of carbonyl (C=O) groups excluding carboxylic acids is 2. The molecule has 4 saturated carbocycles. The molecule has 4 spiro atoms. The summed E-state index contributed by atoms with van der Waals surface area (Å²) >= 11 is 0. The molecule has 28 aromatic rings. The van der Waals surface area contributed by atoms with Gasteiger partial charge in [-0.1, -0.05) is 59.8 Å². The topological polar surface area (TPSA) is 71.1 Å². The third kappa shape index (κ3) is 2.82. The molecule has 2 aliphatic heterocycles. The van der Waals surface area contributed by atoms with Crippen LogP contribution in [0.1, 0.15) is 116 Å². The zero-order valence-electron chi connectivity index (χ0n) is 55.0. The maximum atomic E-state index is 18.4. The molecule has 0 aromatic heterocycles. The molecule has 2 heterocycles. The van der Waals surface area contributed by atoms with Gasteiger partial charge in [-0.25, -0.2) is 9.78 Å². The number of hydrogen-bond acceptors (Lipinski definition) is 6. The summed E-state index contributed by atoms with van der Waals surface area (Å²) in [7, 11) is 0. The van der Waals surface area contributed by atoms with Gasteiger partial charge in [-0.05, 0) is 394 Å². The summed E-state index contributed by atoms with van der Waals surface area (Å²) in [4.78, 5) is 50.7. The van der Waals surface area contributed by atoms with Gasteiger partial charge in [0.2, 0.25) is 0 Å². The minimum Gasteiger partial charge on any atom is -0.465 e. The van der Waals surface area contributed by atoms with Crippen LogP contribution in [-0.4, -0.2) is 35.9 Å². The standard InChI is InChI=1S/C93H48O6/c1-8-96-85(94)93(86(95)97-23-13-16-88(7)26-14-15-87(6)24(22(5)10-9-21(4)20(2)3)11-12-25(87)90(26)18-17-89(88,19-23)98-99-90)91-81-73-65-55-45-37-29-27-28-31-35-33(29)41-49-43(35)53-47-39(31)40-32(28)36-34-30(27)38(37)46-52-42(34)50-44(36)54-48(40)58-57(47)67-61(53)71-63(49)69(59(65)51(41)45)77(81)79(71)83-75(67)76-68(58)62(54)72-64(50)70-60(52)66(56(46)55)74(73)82(91)78(70)80(72)84(76)92(83,91)93/h9-10,17-18,20-26H,8,11-16,19H2,1-7H3/b10-9+/t21-,22+,23-,24+,25+,26+,87+,88+,89+,90-,91?,92?,93?/m0/s1. The number of rotatable bonds is 8. The van der Waals surface area contributed by atoms with Crippen LogP contribution < -0.4 is 0 Å². The molecule has 39 rings (SSSR count). The Bertz CT molecular complexity index is 8040. The van der Waals surface area contributed by atoms with Crippen LogP contribution in [0.2, 0.25) is 0 Å². The molecule has 0 radical (unpaired) electrons. The first-order valence-electron chi connectivity index (χ1n) is 38.3. The van der Waals surface area contributed by atoms with Crippen molar-refractivity contribution >= 4 is 303 Å². The molecular weight excluding hydrogens is 1210 g/mol. The molecule has 6 heteroatoms. The highest BCUT2D eigenvalue weighted by Crippen LogP contribution is 2.97. The maximum Gasteiger partial charge on any atom is 0.326 e. The Morgan fingerprint density at radius 1 is 0.414 bits per heavy atom. The van der Waals surface area contributed by atoms with Crippen LogP contribution >= 0.6 is 0 Å². The van der Waals surface area contributed by atoms with Crippen LogP contribution in [0.3, 0.4) is 0 Å². The Balaban J connectivity index is 0.691. The fourth-order valence-electron chi connectivity index (χ4n) is 34.5. The number of ether oxygens (including phenoxy) is 2. The van der Waals surface area contributed by atoms with Crippen molar-refractivity contribution in [1.82, 2.24) is 0 Å². The second-order valence-corrected chi connectivity index (χ2v) is 37.8. The van der Waals surface area contributed by atoms with Gasteiger partial charge in [-0.2, -0.15) is 0 Å². The molecular formula is C93H48O6. The van der Waals surface area contributed by atoms with Crippen LogP contribution in [0.4, 0.5) is 0 Å². The molecule has 0 unspecified atom stereocenters. The third-order valence-electron chi connectivity index (χ3n) is 36.6. The number of hydrogen-bond donors (Lipinski definition) is 0. The second kappa shape index (κ2) is 11.0. The van der Waals surface area contributed by atoms with Crippen molar-refractivity contribution in [3.8, 4) is 0 Å². The van der Waals surface area contributed by atoms with Crippen LogP contribution in [0.5, 0.6) is 0 Å². The molecule has 28 aromatic carbocycles. The van der Waals surface area contributed by atoms with E-state index in [9.17, 15) is 0 Å². The molecule has 11 aliphatic rings. The van der Waals surface area contributed by atoms with Gasteiger partial charge in [0.05, 0.1) is 17.4 Å². The van der Waals surface area contributed by atoms with Gasteiger partial charge < -0.3 is 9.47 Å². The molecule has 456 valence electrons. The van der Waals surface area contributed by atoms with E-state index < -0.39 is 33.6 Å². The van der Waals surface area contributed by atoms with Crippen molar-refractivity contribution in [1.29, 1.82) is 0 Å². The van der Waals surface area contributed by atoms with Gasteiger partial charge in [0.25, 0.3) is 0 Å². The molecule has 2 bridgehead atoms. The Kier molecular flexibility index (Phi) is 4.96. The molecule has 1 saturated heterocycles. The quantitative estimate of drug-likeness (QED) is 0.0496. The zero-order chi connectivity index (χ0) is 62.5. The van der Waals surface area contributed by atoms with E-state index in [4.69, 9.17) is 19.2 Å². The van der Waals surface area contributed by atoms with Crippen molar-refractivity contribution in [2.45, 2.75) is 122 Å². The van der Waals surface area contributed by atoms with E-state index in [-0.39, 0.29) is 35.3 Å². The number of fused-ring (bicyclic) bond motifs is 2. The monoisotopic (exact) mass is 1260 g/mol. The first-order valence-corrected chi connectivity index (χ1v) is 38.3. The Morgan fingerprint density at radius 3 is 1.07 bits per heavy atom. The lowest BCUT2D eigenvalue weighted by Gasteiger charge is -2.69. The summed E-state index contributed by atoms with van der Waals surface area (Å²) in [5.41, 5.74) is -0.433. The first-order chi connectivity index (χ1) is 48.4. The average molecular weight is 1260 g/mol. The summed E-state index contributed by atoms with van der Waals surface area (Å²) < 4.78 is 14.9. The molecule has 9 aliphatic carbocycles. The first kappa shape index (κ1) is 44.7. The lowest BCUT2D eigenvalue weighted by atomic mass is 9.42. The molecule has 6 nitrogen and oxygen atoms in total. The van der Waals surface area contributed by atoms with E-state index >= 15 is 9.59 Å². The largest absolute Gasteiger partial charge is 0.465 e. The van der Waals surface area contributed by atoms with Gasteiger partial charge >= 0.3 is 11.9 Å². The van der Waals surface area contributed by atoms with Crippen molar-refractivity contribution in [3.63, 3.8) is 0 Å². The SMILES string of the molecule is CCOC(=O)C1(C(=O)O[C@H]2CC[C@]3(C)[C@H]4CC[C@]5(C)[C@@H]([C@H](C)/C=C/[C@H](C)C(C)C)CC[C@H]5[C@@]45C=C[C@]3(C2)OO5)C23c4c5c6c7c8c9c(c%10c%11c2c2c4c4c%12c5c5c6c6c8c8c%13c9c9c%10c%10c%11c%11c2c2c4c4c%12c%12c5c5c6c8c6c8c%13c9c9c%10c%10c%11c2c2c4c4c%12c5c6c5c8c9c%10c2c45)C713. The molecule has 99 heavy (non-hydrogen) atoms. The Labute approximate surface area is 554 Å². The smallest absolute Gasteiger partial charge is 0.326 e. The number of carbonyl (C=O) groups is 2. The summed E-state index contributed by atoms with van der Waals surface area (Å²) in [5, 5.41) is 80.1. The lowest BCUT2D eigenvalue weighted by Crippen LogP contribution is -2.73. The van der Waals surface area contributed by atoms with Crippen LogP contribution in [0.15, 0.2) is 24.3 Å². The summed E-state index contributed by atoms with van der Waals surface area (Å²) in [6.45, 7) is 16.8. The van der Waals surface area contributed by atoms with Crippen LogP contribution in [0, 0.1) is 51.8 Å². The van der Waals surface area contributed by atoms with E-state index in [1.165, 1.54) is 251 Å². The van der Waals surface area contributed by atoms with Crippen LogP contribution in [-0.2, 0) is 39.7 Å². The van der Waals surface area contributed by atoms with Crippen molar-refractivity contribution in [2.24, 2.45) is 51.8 Å². The number of esters is 2. The van der Waals surface area contributed by atoms with Gasteiger partial charge in [0, 0.05) is 23.7 Å². The molecule has 0 N–H and O–H groups in total. The van der Waals surface area contributed by atoms with Gasteiger partial charge in [0.15, 0.2) is 5.41 Å². The van der Waals surface area contributed by atoms with E-state index in [0.29, 0.717) is 42.4 Å². The number of allylic oxidation sites excluding steroid dienone is 2.